The summed E-state index contributed by atoms with van der Waals surface area (Å²) in [7, 11) is 0. The summed E-state index contributed by atoms with van der Waals surface area (Å²) in [5.74, 6) is -2.74. The largest absolute Gasteiger partial charge is 0.478 e. The molecule has 0 fully saturated rings. The van der Waals surface area contributed by atoms with Crippen LogP contribution in [0.2, 0.25) is 0 Å². The number of nitrogens with zero attached hydrogens (tertiary/aromatic N) is 1. The molecule has 5 aromatic rings. The molecule has 0 aromatic heterocycles. The molecule has 0 saturated carbocycles. The van der Waals surface area contributed by atoms with Crippen LogP contribution in [0.4, 0.5) is 0 Å². The van der Waals surface area contributed by atoms with E-state index < -0.39 is 11.9 Å². The zero-order chi connectivity index (χ0) is 25.5. The van der Waals surface area contributed by atoms with Crippen LogP contribution in [0.15, 0.2) is 48.5 Å². The maximum atomic E-state index is 13.4. The van der Waals surface area contributed by atoms with Gasteiger partial charge in [0.15, 0.2) is 0 Å². The number of rotatable bonds is 5. The fourth-order valence-electron chi connectivity index (χ4n) is 5.58. The molecule has 7 heteroatoms. The molecule has 0 atom stereocenters. The number of hydrogen-bond acceptors (Lipinski definition) is 4. The topological polar surface area (TPSA) is 112 Å². The summed E-state index contributed by atoms with van der Waals surface area (Å²) < 4.78 is 0. The molecule has 7 nitrogen and oxygen atoms in total. The molecular weight excluding hydrogens is 458 g/mol. The van der Waals surface area contributed by atoms with E-state index >= 15 is 0 Å². The van der Waals surface area contributed by atoms with Crippen LogP contribution in [0.1, 0.15) is 61.7 Å². The Morgan fingerprint density at radius 1 is 0.667 bits per heavy atom. The first-order valence-corrected chi connectivity index (χ1v) is 11.7. The third kappa shape index (κ3) is 2.80. The van der Waals surface area contributed by atoms with Crippen LogP contribution in [-0.4, -0.2) is 45.4 Å². The lowest BCUT2D eigenvalue weighted by atomic mass is 9.83. The van der Waals surface area contributed by atoms with Gasteiger partial charge in [-0.25, -0.2) is 9.59 Å². The van der Waals surface area contributed by atoms with Crippen LogP contribution in [0.25, 0.3) is 43.1 Å². The van der Waals surface area contributed by atoms with Gasteiger partial charge in [0, 0.05) is 28.4 Å². The number of carbonyl (C=O) groups excluding carboxylic acids is 2. The van der Waals surface area contributed by atoms with Crippen molar-refractivity contribution in [1.82, 2.24) is 4.90 Å². The first kappa shape index (κ1) is 22.0. The van der Waals surface area contributed by atoms with E-state index in [9.17, 15) is 29.4 Å². The lowest BCUT2D eigenvalue weighted by Crippen LogP contribution is -2.41. The second kappa shape index (κ2) is 7.49. The van der Waals surface area contributed by atoms with Gasteiger partial charge in [-0.15, -0.1) is 0 Å². The second-order valence-electron chi connectivity index (χ2n) is 9.70. The zero-order valence-electron chi connectivity index (χ0n) is 19.6. The van der Waals surface area contributed by atoms with Gasteiger partial charge in [-0.05, 0) is 68.9 Å². The Balaban J connectivity index is 1.76. The molecule has 0 spiro atoms. The zero-order valence-corrected chi connectivity index (χ0v) is 19.6. The van der Waals surface area contributed by atoms with Gasteiger partial charge in [0.2, 0.25) is 0 Å². The number of benzene rings is 5. The monoisotopic (exact) mass is 479 g/mol. The van der Waals surface area contributed by atoms with E-state index in [1.165, 1.54) is 17.0 Å². The lowest BCUT2D eigenvalue weighted by Gasteiger charge is -2.29. The molecule has 1 heterocycles. The van der Waals surface area contributed by atoms with E-state index in [1.54, 1.807) is 24.3 Å². The Labute approximate surface area is 204 Å². The van der Waals surface area contributed by atoms with Crippen molar-refractivity contribution in [2.24, 2.45) is 5.92 Å². The van der Waals surface area contributed by atoms with E-state index in [1.807, 2.05) is 26.0 Å². The molecule has 0 radical (unpaired) electrons. The summed E-state index contributed by atoms with van der Waals surface area (Å²) in [4.78, 5) is 52.2. The number of fused-ring (bicyclic) bond motifs is 2. The maximum Gasteiger partial charge on any atom is 0.336 e. The molecule has 0 unspecified atom stereocenters. The average molecular weight is 479 g/mol. The molecular formula is C29H21NO6. The predicted molar refractivity (Wildman–Crippen MR) is 136 cm³/mol. The van der Waals surface area contributed by atoms with Crippen molar-refractivity contribution in [3.05, 3.63) is 70.8 Å². The molecule has 178 valence electrons. The van der Waals surface area contributed by atoms with E-state index in [2.05, 4.69) is 0 Å². The van der Waals surface area contributed by atoms with Crippen molar-refractivity contribution in [2.75, 3.05) is 6.54 Å². The minimum atomic E-state index is -1.21. The van der Waals surface area contributed by atoms with Crippen LogP contribution >= 0.6 is 0 Å². The summed E-state index contributed by atoms with van der Waals surface area (Å²) >= 11 is 0. The SMILES string of the molecule is CC(C)CCN1C(=O)c2ccc3c4ccc(C(=O)O)c5c(C(=O)O)ccc(c6ccc(c2c36)C1=O)c54. The van der Waals surface area contributed by atoms with Crippen molar-refractivity contribution < 1.29 is 29.4 Å². The maximum absolute atomic E-state index is 13.4. The van der Waals surface area contributed by atoms with Gasteiger partial charge in [0.25, 0.3) is 11.8 Å². The Bertz CT molecular complexity index is 1700. The highest BCUT2D eigenvalue weighted by Crippen LogP contribution is 2.45. The van der Waals surface area contributed by atoms with Gasteiger partial charge in [-0.2, -0.15) is 0 Å². The first-order valence-electron chi connectivity index (χ1n) is 11.7. The third-order valence-corrected chi connectivity index (χ3v) is 7.24. The third-order valence-electron chi connectivity index (χ3n) is 7.24. The molecule has 0 saturated heterocycles. The Kier molecular flexibility index (Phi) is 4.57. The molecule has 1 aliphatic rings. The number of carboxylic acid groups (broad SMARTS) is 2. The van der Waals surface area contributed by atoms with Crippen molar-refractivity contribution in [2.45, 2.75) is 20.3 Å². The predicted octanol–water partition coefficient (Wildman–Crippen LogP) is 5.78. The average Bonchev–Trinajstić information content (AvgIpc) is 2.84. The van der Waals surface area contributed by atoms with Crippen LogP contribution in [0, 0.1) is 5.92 Å². The van der Waals surface area contributed by atoms with Crippen molar-refractivity contribution in [3.63, 3.8) is 0 Å². The summed E-state index contributed by atoms with van der Waals surface area (Å²) in [6, 6.07) is 13.2. The van der Waals surface area contributed by atoms with Crippen molar-refractivity contribution in [3.8, 4) is 0 Å². The normalized spacial score (nSPS) is 13.7. The van der Waals surface area contributed by atoms with Crippen molar-refractivity contribution >= 4 is 66.8 Å². The quantitative estimate of drug-likeness (QED) is 0.188. The van der Waals surface area contributed by atoms with Gasteiger partial charge in [0.05, 0.1) is 11.1 Å². The molecule has 36 heavy (non-hydrogen) atoms. The van der Waals surface area contributed by atoms with Crippen LogP contribution in [0.5, 0.6) is 0 Å². The van der Waals surface area contributed by atoms with Gasteiger partial charge in [-0.3, -0.25) is 14.5 Å². The van der Waals surface area contributed by atoms with E-state index in [0.717, 1.165) is 16.2 Å². The fraction of sp³-hybridized carbons (Fsp3) is 0.172. The summed E-state index contributed by atoms with van der Waals surface area (Å²) in [5.41, 5.74) is 0.734. The fourth-order valence-corrected chi connectivity index (χ4v) is 5.58. The van der Waals surface area contributed by atoms with E-state index in [4.69, 9.17) is 0 Å². The first-order chi connectivity index (χ1) is 17.2. The van der Waals surface area contributed by atoms with E-state index in [0.29, 0.717) is 51.6 Å². The van der Waals surface area contributed by atoms with E-state index in [-0.39, 0.29) is 28.3 Å². The van der Waals surface area contributed by atoms with Gasteiger partial charge in [-0.1, -0.05) is 38.1 Å². The highest BCUT2D eigenvalue weighted by Gasteiger charge is 2.34. The summed E-state index contributed by atoms with van der Waals surface area (Å²) in [6.45, 7) is 4.43. The molecule has 0 bridgehead atoms. The smallest absolute Gasteiger partial charge is 0.336 e. The van der Waals surface area contributed by atoms with Crippen LogP contribution in [-0.2, 0) is 0 Å². The minimum absolute atomic E-state index is 0.0896. The number of amides is 2. The summed E-state index contributed by atoms with van der Waals surface area (Å²) in [5, 5.41) is 24.5. The number of imide groups is 1. The molecule has 0 aliphatic carbocycles. The highest BCUT2D eigenvalue weighted by molar-refractivity contribution is 6.39. The number of carbonyl (C=O) groups is 4. The molecule has 1 aliphatic heterocycles. The number of hydrogen-bond donors (Lipinski definition) is 2. The van der Waals surface area contributed by atoms with Crippen molar-refractivity contribution in [1.29, 1.82) is 0 Å². The molecule has 5 aromatic carbocycles. The Morgan fingerprint density at radius 2 is 1.08 bits per heavy atom. The summed E-state index contributed by atoms with van der Waals surface area (Å²) in [6.07, 6.45) is 0.708. The molecule has 2 N–H and O–H groups in total. The number of aromatic carboxylic acids is 2. The van der Waals surface area contributed by atoms with Gasteiger partial charge >= 0.3 is 11.9 Å². The van der Waals surface area contributed by atoms with Crippen LogP contribution in [0.3, 0.4) is 0 Å². The minimum Gasteiger partial charge on any atom is -0.478 e. The Morgan fingerprint density at radius 3 is 1.50 bits per heavy atom. The van der Waals surface area contributed by atoms with Gasteiger partial charge < -0.3 is 10.2 Å². The Hall–Kier alpha value is -4.52. The second-order valence-corrected chi connectivity index (χ2v) is 9.70. The highest BCUT2D eigenvalue weighted by atomic mass is 16.4. The van der Waals surface area contributed by atoms with Crippen LogP contribution < -0.4 is 0 Å². The van der Waals surface area contributed by atoms with Gasteiger partial charge in [0.1, 0.15) is 0 Å². The number of carboxylic acids is 2. The molecule has 2 amide bonds. The lowest BCUT2D eigenvalue weighted by molar-refractivity contribution is 0.0600. The standard InChI is InChI=1S/C29H21NO6/c1-13(2)11-12-30-26(31)18-7-3-14-16-5-9-20(28(33)34)25-21(29(35)36)10-6-17(23(16)25)15-4-8-19(27(30)32)24(18)22(14)15/h3-10,13H,11-12H2,1-2H3,(H,33,34)(H,35,36). The molecule has 6 rings (SSSR count).